The van der Waals surface area contributed by atoms with Gasteiger partial charge in [-0.25, -0.2) is 8.42 Å². The van der Waals surface area contributed by atoms with Gasteiger partial charge in [0.15, 0.2) is 0 Å². The van der Waals surface area contributed by atoms with Gasteiger partial charge in [0.05, 0.1) is 19.0 Å². The topological polar surface area (TPSA) is 104 Å². The number of aliphatic carboxylic acids is 1. The smallest absolute Gasteiger partial charge is 0.318 e. The molecule has 2 aliphatic rings. The summed E-state index contributed by atoms with van der Waals surface area (Å²) in [5, 5.41) is 8.87. The fraction of sp³-hybridized carbons (Fsp3) is 0.857. The molecule has 2 fully saturated rings. The molecule has 10 heteroatoms. The summed E-state index contributed by atoms with van der Waals surface area (Å²) < 4.78 is 29.9. The number of sulfonamides is 1. The van der Waals surface area contributed by atoms with E-state index in [1.165, 1.54) is 0 Å². The highest BCUT2D eigenvalue weighted by Gasteiger charge is 2.32. The highest BCUT2D eigenvalue weighted by atomic mass is 32.2. The van der Waals surface area contributed by atoms with Crippen LogP contribution in [0.2, 0.25) is 0 Å². The summed E-state index contributed by atoms with van der Waals surface area (Å²) in [7, 11) is -3.65. The Balaban J connectivity index is 1.96. The van der Waals surface area contributed by atoms with E-state index >= 15 is 0 Å². The van der Waals surface area contributed by atoms with E-state index in [4.69, 9.17) is 9.84 Å². The molecule has 0 aromatic carbocycles. The zero-order valence-corrected chi connectivity index (χ0v) is 15.4. The molecule has 1 N–H and O–H groups in total. The standard InChI is InChI=1S/C14H24N2O6S2/c1-24(20,21)16(10-13(17)18)9-12-8-15(4-5-22-12)14(19)11-2-6-23-7-3-11/h11-12H,2-10H2,1H3,(H,17,18). The van der Waals surface area contributed by atoms with Crippen molar-refractivity contribution in [2.24, 2.45) is 5.92 Å². The Hall–Kier alpha value is -0.840. The lowest BCUT2D eigenvalue weighted by atomic mass is 10.0. The average Bonchev–Trinajstić information content (AvgIpc) is 2.53. The molecule has 24 heavy (non-hydrogen) atoms. The normalized spacial score (nSPS) is 23.4. The predicted octanol–water partition coefficient (Wildman–Crippen LogP) is -0.297. The van der Waals surface area contributed by atoms with Crippen LogP contribution >= 0.6 is 11.8 Å². The number of thioether (sulfide) groups is 1. The molecule has 2 rings (SSSR count). The van der Waals surface area contributed by atoms with Gasteiger partial charge in [-0.3, -0.25) is 9.59 Å². The molecule has 0 bridgehead atoms. The van der Waals surface area contributed by atoms with Gasteiger partial charge in [-0.2, -0.15) is 16.1 Å². The molecule has 138 valence electrons. The van der Waals surface area contributed by atoms with Crippen molar-refractivity contribution in [3.8, 4) is 0 Å². The Kier molecular flexibility index (Phi) is 6.90. The summed E-state index contributed by atoms with van der Waals surface area (Å²) in [5.74, 6) is 0.904. The maximum atomic E-state index is 12.6. The molecule has 2 heterocycles. The summed E-state index contributed by atoms with van der Waals surface area (Å²) in [6, 6.07) is 0. The molecule has 1 unspecified atom stereocenters. The van der Waals surface area contributed by atoms with E-state index in [1.807, 2.05) is 11.8 Å². The van der Waals surface area contributed by atoms with Gasteiger partial charge >= 0.3 is 5.97 Å². The highest BCUT2D eigenvalue weighted by molar-refractivity contribution is 7.99. The fourth-order valence-electron chi connectivity index (χ4n) is 2.93. The number of carboxylic acids is 1. The van der Waals surface area contributed by atoms with Gasteiger partial charge in [0.25, 0.3) is 0 Å². The van der Waals surface area contributed by atoms with Crippen LogP contribution in [0, 0.1) is 5.92 Å². The number of hydrogen-bond donors (Lipinski definition) is 1. The van der Waals surface area contributed by atoms with Crippen molar-refractivity contribution in [3.63, 3.8) is 0 Å². The Bertz CT molecular complexity index is 562. The second kappa shape index (κ2) is 8.50. The number of morpholine rings is 1. The van der Waals surface area contributed by atoms with Gasteiger partial charge in [0.1, 0.15) is 6.54 Å². The van der Waals surface area contributed by atoms with Gasteiger partial charge in [0, 0.05) is 25.6 Å². The molecular weight excluding hydrogens is 356 g/mol. The van der Waals surface area contributed by atoms with Gasteiger partial charge < -0.3 is 14.7 Å². The zero-order valence-electron chi connectivity index (χ0n) is 13.7. The van der Waals surface area contributed by atoms with E-state index < -0.39 is 28.6 Å². The van der Waals surface area contributed by atoms with Crippen LogP contribution in [-0.4, -0.2) is 91.3 Å². The molecule has 8 nitrogen and oxygen atoms in total. The monoisotopic (exact) mass is 380 g/mol. The summed E-state index contributed by atoms with van der Waals surface area (Å²) in [6.07, 6.45) is 2.22. The van der Waals surface area contributed by atoms with E-state index in [0.717, 1.165) is 34.9 Å². The molecule has 1 amide bonds. The van der Waals surface area contributed by atoms with Crippen molar-refractivity contribution < 1.29 is 27.9 Å². The van der Waals surface area contributed by atoms with Gasteiger partial charge in [-0.15, -0.1) is 0 Å². The van der Waals surface area contributed by atoms with Gasteiger partial charge in [-0.05, 0) is 24.3 Å². The number of ether oxygens (including phenoxy) is 1. The predicted molar refractivity (Wildman–Crippen MR) is 90.4 cm³/mol. The van der Waals surface area contributed by atoms with Crippen LogP contribution in [-0.2, 0) is 24.3 Å². The maximum absolute atomic E-state index is 12.6. The number of hydrogen-bond acceptors (Lipinski definition) is 6. The third kappa shape index (κ3) is 5.61. The van der Waals surface area contributed by atoms with Crippen LogP contribution in [0.15, 0.2) is 0 Å². The summed E-state index contributed by atoms with van der Waals surface area (Å²) in [6.45, 7) is 0.468. The first kappa shape index (κ1) is 19.5. The molecule has 2 aliphatic heterocycles. The Morgan fingerprint density at radius 1 is 1.33 bits per heavy atom. The van der Waals surface area contributed by atoms with Crippen LogP contribution in [0.4, 0.5) is 0 Å². The van der Waals surface area contributed by atoms with Gasteiger partial charge in [-0.1, -0.05) is 0 Å². The lowest BCUT2D eigenvalue weighted by Crippen LogP contribution is -2.52. The summed E-state index contributed by atoms with van der Waals surface area (Å²) in [4.78, 5) is 25.2. The van der Waals surface area contributed by atoms with Crippen LogP contribution in [0.25, 0.3) is 0 Å². The van der Waals surface area contributed by atoms with Crippen LogP contribution in [0.3, 0.4) is 0 Å². The van der Waals surface area contributed by atoms with Crippen molar-refractivity contribution in [2.45, 2.75) is 18.9 Å². The Morgan fingerprint density at radius 3 is 2.58 bits per heavy atom. The number of rotatable bonds is 6. The van der Waals surface area contributed by atoms with Crippen molar-refractivity contribution in [1.29, 1.82) is 0 Å². The largest absolute Gasteiger partial charge is 0.480 e. The van der Waals surface area contributed by atoms with Crippen LogP contribution in [0.5, 0.6) is 0 Å². The fourth-order valence-corrected chi connectivity index (χ4v) is 4.82. The third-order valence-corrected chi connectivity index (χ3v) is 6.47. The van der Waals surface area contributed by atoms with E-state index in [9.17, 15) is 18.0 Å². The molecule has 0 radical (unpaired) electrons. The number of carbonyl (C=O) groups excluding carboxylic acids is 1. The zero-order chi connectivity index (χ0) is 17.7. The Labute approximate surface area is 146 Å². The van der Waals surface area contributed by atoms with Crippen molar-refractivity contribution in [3.05, 3.63) is 0 Å². The quantitative estimate of drug-likeness (QED) is 0.675. The third-order valence-electron chi connectivity index (χ3n) is 4.21. The molecule has 1 atom stereocenters. The first-order valence-corrected chi connectivity index (χ1v) is 10.9. The first-order chi connectivity index (χ1) is 11.3. The van der Waals surface area contributed by atoms with Crippen molar-refractivity contribution in [1.82, 2.24) is 9.21 Å². The molecule has 0 aliphatic carbocycles. The summed E-state index contributed by atoms with van der Waals surface area (Å²) >= 11 is 1.86. The number of carboxylic acid groups (broad SMARTS) is 1. The van der Waals surface area contributed by atoms with Gasteiger partial charge in [0.2, 0.25) is 15.9 Å². The second-order valence-corrected chi connectivity index (χ2v) is 9.32. The molecule has 0 spiro atoms. The van der Waals surface area contributed by atoms with Crippen molar-refractivity contribution >= 4 is 33.7 Å². The molecule has 0 aromatic heterocycles. The van der Waals surface area contributed by atoms with E-state index in [1.54, 1.807) is 4.90 Å². The van der Waals surface area contributed by atoms with E-state index in [2.05, 4.69) is 0 Å². The maximum Gasteiger partial charge on any atom is 0.318 e. The van der Waals surface area contributed by atoms with E-state index in [-0.39, 0.29) is 18.4 Å². The van der Waals surface area contributed by atoms with Crippen molar-refractivity contribution in [2.75, 3.05) is 50.5 Å². The summed E-state index contributed by atoms with van der Waals surface area (Å²) in [5.41, 5.74) is 0. The molecule has 0 saturated carbocycles. The second-order valence-electron chi connectivity index (χ2n) is 6.11. The number of nitrogens with zero attached hydrogens (tertiary/aromatic N) is 2. The minimum Gasteiger partial charge on any atom is -0.480 e. The molecule has 0 aromatic rings. The molecular formula is C14H24N2O6S2. The van der Waals surface area contributed by atoms with Crippen LogP contribution in [0.1, 0.15) is 12.8 Å². The van der Waals surface area contributed by atoms with Crippen LogP contribution < -0.4 is 0 Å². The SMILES string of the molecule is CS(=O)(=O)N(CC(=O)O)CC1CN(C(=O)C2CCSCC2)CCO1. The number of amides is 1. The highest BCUT2D eigenvalue weighted by Crippen LogP contribution is 2.25. The minimum atomic E-state index is -3.65. The van der Waals surface area contributed by atoms with E-state index in [0.29, 0.717) is 19.7 Å². The first-order valence-electron chi connectivity index (χ1n) is 7.92. The Morgan fingerprint density at radius 2 is 2.00 bits per heavy atom. The minimum absolute atomic E-state index is 0.0371. The average molecular weight is 380 g/mol. The lowest BCUT2D eigenvalue weighted by Gasteiger charge is -2.37. The molecule has 2 saturated heterocycles. The lowest BCUT2D eigenvalue weighted by molar-refractivity contribution is -0.144. The number of carbonyl (C=O) groups is 2.